The van der Waals surface area contributed by atoms with Gasteiger partial charge in [0.2, 0.25) is 5.91 Å². The topological polar surface area (TPSA) is 55.4 Å². The summed E-state index contributed by atoms with van der Waals surface area (Å²) < 4.78 is 4.74. The molecule has 0 aromatic rings. The summed E-state index contributed by atoms with van der Waals surface area (Å²) in [7, 11) is 0. The number of carbonyl (C=O) groups excluding carboxylic acids is 2. The van der Waals surface area contributed by atoms with Crippen molar-refractivity contribution < 1.29 is 14.3 Å². The maximum absolute atomic E-state index is 11.3. The van der Waals surface area contributed by atoms with E-state index in [1.807, 2.05) is 6.92 Å². The SMILES string of the molecule is CCOC(=O)C(C)NC(=O)C(S)CC. The van der Waals surface area contributed by atoms with Gasteiger partial charge in [0, 0.05) is 0 Å². The molecule has 0 aliphatic rings. The highest BCUT2D eigenvalue weighted by atomic mass is 32.1. The fourth-order valence-electron chi connectivity index (χ4n) is 0.821. The lowest BCUT2D eigenvalue weighted by atomic mass is 10.2. The summed E-state index contributed by atoms with van der Waals surface area (Å²) in [5.41, 5.74) is 0. The van der Waals surface area contributed by atoms with Gasteiger partial charge in [0.1, 0.15) is 6.04 Å². The summed E-state index contributed by atoms with van der Waals surface area (Å²) in [5.74, 6) is -0.658. The Morgan fingerprint density at radius 2 is 2.00 bits per heavy atom. The Morgan fingerprint density at radius 1 is 1.43 bits per heavy atom. The molecule has 0 saturated carbocycles. The number of nitrogens with one attached hydrogen (secondary N) is 1. The minimum atomic E-state index is -0.608. The monoisotopic (exact) mass is 219 g/mol. The van der Waals surface area contributed by atoms with Gasteiger partial charge in [0.25, 0.3) is 0 Å². The highest BCUT2D eigenvalue weighted by Gasteiger charge is 2.19. The molecule has 2 unspecified atom stereocenters. The van der Waals surface area contributed by atoms with Gasteiger partial charge >= 0.3 is 5.97 Å². The van der Waals surface area contributed by atoms with E-state index in [9.17, 15) is 9.59 Å². The lowest BCUT2D eigenvalue weighted by Gasteiger charge is -2.14. The third-order valence-electron chi connectivity index (χ3n) is 1.69. The van der Waals surface area contributed by atoms with Crippen LogP contribution in [0.3, 0.4) is 0 Å². The van der Waals surface area contributed by atoms with Crippen molar-refractivity contribution in [2.75, 3.05) is 6.61 Å². The van der Waals surface area contributed by atoms with Crippen molar-refractivity contribution in [1.82, 2.24) is 5.32 Å². The van der Waals surface area contributed by atoms with Crippen LogP contribution in [0, 0.1) is 0 Å². The number of carbonyl (C=O) groups is 2. The fourth-order valence-corrected chi connectivity index (χ4v) is 0.896. The first kappa shape index (κ1) is 13.3. The number of rotatable bonds is 5. The molecule has 0 aliphatic heterocycles. The standard InChI is InChI=1S/C9H17NO3S/c1-4-7(14)8(11)10-6(3)9(12)13-5-2/h6-7,14H,4-5H2,1-3H3,(H,10,11). The van der Waals surface area contributed by atoms with Crippen LogP contribution in [-0.2, 0) is 14.3 Å². The van der Waals surface area contributed by atoms with E-state index in [4.69, 9.17) is 4.74 Å². The molecular formula is C9H17NO3S. The van der Waals surface area contributed by atoms with Crippen molar-refractivity contribution in [3.8, 4) is 0 Å². The number of hydrogen-bond acceptors (Lipinski definition) is 4. The normalized spacial score (nSPS) is 14.3. The van der Waals surface area contributed by atoms with E-state index in [1.165, 1.54) is 0 Å². The first-order chi connectivity index (χ1) is 6.52. The second kappa shape index (κ2) is 6.70. The summed E-state index contributed by atoms with van der Waals surface area (Å²) in [4.78, 5) is 22.4. The van der Waals surface area contributed by atoms with Gasteiger partial charge in [0.05, 0.1) is 11.9 Å². The minimum absolute atomic E-state index is 0.239. The van der Waals surface area contributed by atoms with E-state index < -0.39 is 12.0 Å². The van der Waals surface area contributed by atoms with Gasteiger partial charge in [-0.05, 0) is 20.3 Å². The number of thiol groups is 1. The molecule has 2 atom stereocenters. The van der Waals surface area contributed by atoms with Crippen molar-refractivity contribution >= 4 is 24.5 Å². The molecule has 0 aromatic carbocycles. The van der Waals surface area contributed by atoms with Crippen LogP contribution in [0.2, 0.25) is 0 Å². The highest BCUT2D eigenvalue weighted by Crippen LogP contribution is 2.00. The molecule has 0 spiro atoms. The average Bonchev–Trinajstić information content (AvgIpc) is 2.16. The van der Waals surface area contributed by atoms with Gasteiger partial charge in [-0.3, -0.25) is 4.79 Å². The minimum Gasteiger partial charge on any atom is -0.464 e. The number of hydrogen-bond donors (Lipinski definition) is 2. The van der Waals surface area contributed by atoms with Crippen molar-refractivity contribution in [2.24, 2.45) is 0 Å². The van der Waals surface area contributed by atoms with Gasteiger partial charge in [-0.25, -0.2) is 4.79 Å². The molecule has 0 saturated heterocycles. The predicted molar refractivity (Wildman–Crippen MR) is 57.3 cm³/mol. The molecule has 0 heterocycles. The first-order valence-corrected chi connectivity index (χ1v) is 5.19. The quantitative estimate of drug-likeness (QED) is 0.530. The Kier molecular flexibility index (Phi) is 6.36. The van der Waals surface area contributed by atoms with Gasteiger partial charge in [-0.1, -0.05) is 6.92 Å². The molecule has 0 radical (unpaired) electrons. The van der Waals surface area contributed by atoms with Crippen LogP contribution >= 0.6 is 12.6 Å². The first-order valence-electron chi connectivity index (χ1n) is 4.68. The van der Waals surface area contributed by atoms with Gasteiger partial charge < -0.3 is 10.1 Å². The van der Waals surface area contributed by atoms with Gasteiger partial charge in [-0.2, -0.15) is 12.6 Å². The number of esters is 1. The number of amides is 1. The molecule has 0 fully saturated rings. The Morgan fingerprint density at radius 3 is 2.43 bits per heavy atom. The third kappa shape index (κ3) is 4.50. The van der Waals surface area contributed by atoms with E-state index in [2.05, 4.69) is 17.9 Å². The van der Waals surface area contributed by atoms with Gasteiger partial charge in [0.15, 0.2) is 0 Å². The molecule has 1 amide bonds. The van der Waals surface area contributed by atoms with E-state index in [0.717, 1.165) is 0 Å². The molecule has 0 rings (SSSR count). The van der Waals surface area contributed by atoms with Crippen molar-refractivity contribution in [1.29, 1.82) is 0 Å². The summed E-state index contributed by atoms with van der Waals surface area (Å²) in [6.07, 6.45) is 0.629. The fraction of sp³-hybridized carbons (Fsp3) is 0.778. The van der Waals surface area contributed by atoms with E-state index in [-0.39, 0.29) is 11.2 Å². The molecule has 4 nitrogen and oxygen atoms in total. The van der Waals surface area contributed by atoms with Crippen LogP contribution in [-0.4, -0.2) is 29.8 Å². The second-order valence-corrected chi connectivity index (χ2v) is 3.53. The van der Waals surface area contributed by atoms with Crippen LogP contribution in [0.5, 0.6) is 0 Å². The van der Waals surface area contributed by atoms with Crippen LogP contribution in [0.1, 0.15) is 27.2 Å². The zero-order valence-electron chi connectivity index (χ0n) is 8.74. The van der Waals surface area contributed by atoms with Crippen molar-refractivity contribution in [3.63, 3.8) is 0 Å². The van der Waals surface area contributed by atoms with Crippen LogP contribution < -0.4 is 5.32 Å². The number of ether oxygens (including phenoxy) is 1. The van der Waals surface area contributed by atoms with Crippen molar-refractivity contribution in [2.45, 2.75) is 38.5 Å². The molecule has 1 N–H and O–H groups in total. The largest absolute Gasteiger partial charge is 0.464 e. The van der Waals surface area contributed by atoms with Crippen LogP contribution in [0.25, 0.3) is 0 Å². The van der Waals surface area contributed by atoms with E-state index in [1.54, 1.807) is 13.8 Å². The average molecular weight is 219 g/mol. The zero-order valence-corrected chi connectivity index (χ0v) is 9.64. The maximum Gasteiger partial charge on any atom is 0.328 e. The van der Waals surface area contributed by atoms with E-state index in [0.29, 0.717) is 13.0 Å². The lowest BCUT2D eigenvalue weighted by Crippen LogP contribution is -2.42. The lowest BCUT2D eigenvalue weighted by molar-refractivity contribution is -0.146. The van der Waals surface area contributed by atoms with E-state index >= 15 is 0 Å². The molecule has 0 aromatic heterocycles. The zero-order chi connectivity index (χ0) is 11.1. The van der Waals surface area contributed by atoms with Crippen molar-refractivity contribution in [3.05, 3.63) is 0 Å². The molecule has 14 heavy (non-hydrogen) atoms. The van der Waals surface area contributed by atoms with Crippen LogP contribution in [0.15, 0.2) is 0 Å². The highest BCUT2D eigenvalue weighted by molar-refractivity contribution is 7.81. The summed E-state index contributed by atoms with van der Waals surface area (Å²) in [5, 5.41) is 2.16. The Labute approximate surface area is 89.8 Å². The summed E-state index contributed by atoms with van der Waals surface area (Å²) >= 11 is 4.06. The predicted octanol–water partition coefficient (Wildman–Crippen LogP) is 0.763. The molecule has 5 heteroatoms. The molecule has 0 aliphatic carbocycles. The second-order valence-electron chi connectivity index (χ2n) is 2.91. The molecule has 0 bridgehead atoms. The third-order valence-corrected chi connectivity index (χ3v) is 2.29. The smallest absolute Gasteiger partial charge is 0.328 e. The Balaban J connectivity index is 3.99. The maximum atomic E-state index is 11.3. The summed E-state index contributed by atoms with van der Waals surface area (Å²) in [6, 6.07) is -0.608. The Hall–Kier alpha value is -0.710. The molecular weight excluding hydrogens is 202 g/mol. The molecule has 82 valence electrons. The Bertz CT molecular complexity index is 208. The van der Waals surface area contributed by atoms with Gasteiger partial charge in [-0.15, -0.1) is 0 Å². The van der Waals surface area contributed by atoms with Crippen LogP contribution in [0.4, 0.5) is 0 Å². The summed E-state index contributed by atoms with van der Waals surface area (Å²) in [6.45, 7) is 5.48.